The number of fused-ring (bicyclic) bond motifs is 2. The van der Waals surface area contributed by atoms with Crippen LogP contribution in [0.15, 0.2) is 73.2 Å². The number of nitrogens with one attached hydrogen (secondary N) is 2. The van der Waals surface area contributed by atoms with Gasteiger partial charge in [-0.15, -0.1) is 0 Å². The molecule has 2 N–H and O–H groups in total. The first-order valence-electron chi connectivity index (χ1n) is 27.1. The second-order valence-electron chi connectivity index (χ2n) is 21.7. The van der Waals surface area contributed by atoms with Gasteiger partial charge in [0.25, 0.3) is 11.8 Å². The van der Waals surface area contributed by atoms with Crippen LogP contribution in [0, 0.1) is 28.4 Å². The number of anilines is 2. The minimum absolute atomic E-state index is 0.129. The van der Waals surface area contributed by atoms with Crippen molar-refractivity contribution in [3.63, 3.8) is 0 Å². The van der Waals surface area contributed by atoms with Crippen LogP contribution < -0.4 is 25.2 Å². The van der Waals surface area contributed by atoms with Crippen molar-refractivity contribution in [1.82, 2.24) is 44.8 Å². The Labute approximate surface area is 445 Å². The molecule has 6 aliphatic heterocycles. The molecule has 20 heteroatoms. The SMILES string of the molecule is CCOc1cc(-c2ccc(N3CCC(CN4CCC5(CC4)CCN(C(=O)CCN4CCN(c6ccc7c(c6)CN(C6CCC(=O)NC6=O)C7=O)CC4)CC5)(NC(=O)c4cc(F)ccc4F)CC3)nc2)c2c(C#N)cnn2c1. The lowest BCUT2D eigenvalue weighted by Gasteiger charge is -2.50. The van der Waals surface area contributed by atoms with Gasteiger partial charge in [0.15, 0.2) is 0 Å². The minimum Gasteiger partial charge on any atom is -0.492 e. The van der Waals surface area contributed by atoms with Crippen LogP contribution >= 0.6 is 0 Å². The number of benzene rings is 2. The van der Waals surface area contributed by atoms with E-state index in [1.54, 1.807) is 21.8 Å². The summed E-state index contributed by atoms with van der Waals surface area (Å²) >= 11 is 0. The molecule has 5 aromatic rings. The van der Waals surface area contributed by atoms with Gasteiger partial charge in [0.05, 0.1) is 41.2 Å². The summed E-state index contributed by atoms with van der Waals surface area (Å²) < 4.78 is 36.8. The van der Waals surface area contributed by atoms with Gasteiger partial charge in [-0.05, 0) is 131 Å². The van der Waals surface area contributed by atoms with E-state index in [1.165, 1.54) is 6.20 Å². The van der Waals surface area contributed by atoms with Gasteiger partial charge in [-0.3, -0.25) is 34.2 Å². The third kappa shape index (κ3) is 10.7. The van der Waals surface area contributed by atoms with Crippen LogP contribution in [-0.4, -0.2) is 160 Å². The number of hydrogen-bond acceptors (Lipinski definition) is 13. The maximum absolute atomic E-state index is 15.0. The molecule has 5 saturated heterocycles. The number of likely N-dealkylation sites (tertiary alicyclic amines) is 2. The molecule has 2 aromatic carbocycles. The second-order valence-corrected chi connectivity index (χ2v) is 21.7. The average molecular weight is 1050 g/mol. The number of carbonyl (C=O) groups is 5. The third-order valence-electron chi connectivity index (χ3n) is 17.2. The first-order chi connectivity index (χ1) is 37.3. The van der Waals surface area contributed by atoms with E-state index in [0.717, 1.165) is 124 Å². The summed E-state index contributed by atoms with van der Waals surface area (Å²) in [5, 5.41) is 19.8. The van der Waals surface area contributed by atoms with Crippen molar-refractivity contribution in [2.75, 3.05) is 94.9 Å². The number of amides is 5. The zero-order valence-electron chi connectivity index (χ0n) is 43.4. The Hall–Kier alpha value is -7.50. The van der Waals surface area contributed by atoms with E-state index in [-0.39, 0.29) is 35.1 Å². The van der Waals surface area contributed by atoms with Crippen LogP contribution in [0.3, 0.4) is 0 Å². The molecule has 18 nitrogen and oxygen atoms in total. The first-order valence-corrected chi connectivity index (χ1v) is 27.1. The highest BCUT2D eigenvalue weighted by Crippen LogP contribution is 2.42. The van der Waals surface area contributed by atoms with Crippen molar-refractivity contribution in [1.29, 1.82) is 5.26 Å². The number of piperidine rings is 4. The van der Waals surface area contributed by atoms with Gasteiger partial charge in [0.1, 0.15) is 35.3 Å². The Kier molecular flexibility index (Phi) is 14.4. The van der Waals surface area contributed by atoms with Crippen molar-refractivity contribution in [2.24, 2.45) is 5.41 Å². The van der Waals surface area contributed by atoms with Gasteiger partial charge in [0, 0.05) is 113 Å². The fraction of sp³-hybridized carbons (Fsp3) is 0.474. The van der Waals surface area contributed by atoms with E-state index in [4.69, 9.17) is 9.72 Å². The molecule has 3 aromatic heterocycles. The van der Waals surface area contributed by atoms with Crippen molar-refractivity contribution in [2.45, 2.75) is 82.8 Å². The first kappa shape index (κ1) is 51.6. The number of nitrogens with zero attached hydrogens (tertiary/aromatic N) is 10. The van der Waals surface area contributed by atoms with E-state index >= 15 is 4.39 Å². The molecular formula is C57H64F2N12O6. The Morgan fingerprint density at radius 3 is 2.32 bits per heavy atom. The second kappa shape index (κ2) is 21.5. The van der Waals surface area contributed by atoms with Crippen molar-refractivity contribution in [3.8, 4) is 22.9 Å². The normalized spacial score (nSPS) is 20.8. The van der Waals surface area contributed by atoms with Gasteiger partial charge in [0.2, 0.25) is 17.7 Å². The largest absolute Gasteiger partial charge is 0.492 e. The summed E-state index contributed by atoms with van der Waals surface area (Å²) in [5.41, 5.74) is 4.29. The summed E-state index contributed by atoms with van der Waals surface area (Å²) in [6, 6.07) is 16.2. The molecule has 1 spiro atoms. The standard InChI is InChI=1S/C57H64F2N12O6/c1-2-77-43-31-45(52-40(32-60)34-62-71(52)36-43)38-3-9-49(61-33-38)68-23-16-57(17-24-68,64-53(74)46-30-41(58)4-7-47(46)59)37-66-19-12-56(13-20-66)14-21-69(22-15-56)51(73)11-18-65-25-27-67(28-26-65)42-5-6-44-39(29-42)35-70(55(44)76)48-8-10-50(72)63-54(48)75/h3-7,9,29-31,33-34,36,48H,2,8,10-28,35,37H2,1H3,(H,64,74)(H,63,72,75). The maximum Gasteiger partial charge on any atom is 0.255 e. The molecule has 0 radical (unpaired) electrons. The molecule has 1 atom stereocenters. The molecule has 0 bridgehead atoms. The third-order valence-corrected chi connectivity index (χ3v) is 17.2. The lowest BCUT2D eigenvalue weighted by molar-refractivity contribution is -0.137. The molecule has 5 fully saturated rings. The zero-order valence-corrected chi connectivity index (χ0v) is 43.4. The van der Waals surface area contributed by atoms with Gasteiger partial charge < -0.3 is 34.6 Å². The molecule has 0 saturated carbocycles. The Morgan fingerprint density at radius 2 is 1.61 bits per heavy atom. The number of ether oxygens (including phenoxy) is 1. The average Bonchev–Trinajstić information content (AvgIpc) is 4.04. The number of nitriles is 1. The molecule has 402 valence electrons. The maximum atomic E-state index is 15.0. The molecule has 9 heterocycles. The van der Waals surface area contributed by atoms with Crippen LogP contribution in [0.2, 0.25) is 0 Å². The number of hydrogen-bond donors (Lipinski definition) is 2. The van der Waals surface area contributed by atoms with Gasteiger partial charge in [-0.2, -0.15) is 10.4 Å². The predicted molar refractivity (Wildman–Crippen MR) is 282 cm³/mol. The summed E-state index contributed by atoms with van der Waals surface area (Å²) in [5.74, 6) is -1.43. The monoisotopic (exact) mass is 1050 g/mol. The van der Waals surface area contributed by atoms with E-state index in [1.807, 2.05) is 48.2 Å². The van der Waals surface area contributed by atoms with Crippen molar-refractivity contribution < 1.29 is 37.5 Å². The molecule has 0 aliphatic carbocycles. The number of halogens is 2. The van der Waals surface area contributed by atoms with Gasteiger partial charge >= 0.3 is 0 Å². The predicted octanol–water partition coefficient (Wildman–Crippen LogP) is 5.39. The topological polar surface area (TPSA) is 192 Å². The van der Waals surface area contributed by atoms with Gasteiger partial charge in [-0.1, -0.05) is 0 Å². The molecular weight excluding hydrogens is 987 g/mol. The number of piperazine rings is 1. The van der Waals surface area contributed by atoms with Crippen molar-refractivity contribution >= 4 is 46.6 Å². The number of imide groups is 1. The van der Waals surface area contributed by atoms with E-state index in [0.29, 0.717) is 87.4 Å². The summed E-state index contributed by atoms with van der Waals surface area (Å²) in [6.07, 6.45) is 11.0. The highest BCUT2D eigenvalue weighted by molar-refractivity contribution is 6.05. The number of aromatic nitrogens is 3. The van der Waals surface area contributed by atoms with Crippen LogP contribution in [0.25, 0.3) is 16.6 Å². The van der Waals surface area contributed by atoms with Crippen LogP contribution in [0.4, 0.5) is 20.3 Å². The lowest BCUT2D eigenvalue weighted by Crippen LogP contribution is -2.62. The quantitative estimate of drug-likeness (QED) is 0.143. The summed E-state index contributed by atoms with van der Waals surface area (Å²) in [4.78, 5) is 82.6. The number of pyridine rings is 2. The van der Waals surface area contributed by atoms with E-state index in [9.17, 15) is 33.6 Å². The highest BCUT2D eigenvalue weighted by atomic mass is 19.1. The summed E-state index contributed by atoms with van der Waals surface area (Å²) in [7, 11) is 0. The van der Waals surface area contributed by atoms with E-state index < -0.39 is 35.0 Å². The lowest BCUT2D eigenvalue weighted by atomic mass is 9.71. The van der Waals surface area contributed by atoms with Gasteiger partial charge in [-0.25, -0.2) is 18.3 Å². The molecule has 6 aliphatic rings. The number of carbonyl (C=O) groups excluding carboxylic acids is 5. The zero-order chi connectivity index (χ0) is 53.4. The van der Waals surface area contributed by atoms with Crippen LogP contribution in [-0.2, 0) is 20.9 Å². The molecule has 5 amide bonds. The van der Waals surface area contributed by atoms with Crippen LogP contribution in [0.1, 0.15) is 96.6 Å². The molecule has 77 heavy (non-hydrogen) atoms. The van der Waals surface area contributed by atoms with E-state index in [2.05, 4.69) is 41.4 Å². The smallest absolute Gasteiger partial charge is 0.255 e. The number of rotatable bonds is 13. The Balaban J connectivity index is 0.663. The Morgan fingerprint density at radius 1 is 0.844 bits per heavy atom. The minimum atomic E-state index is -0.775. The summed E-state index contributed by atoms with van der Waals surface area (Å²) in [6.45, 7) is 11.4. The van der Waals surface area contributed by atoms with Crippen molar-refractivity contribution in [3.05, 3.63) is 107 Å². The molecule has 1 unspecified atom stereocenters. The fourth-order valence-electron chi connectivity index (χ4n) is 12.6. The molecule has 11 rings (SSSR count). The fourth-order valence-corrected chi connectivity index (χ4v) is 12.6. The highest BCUT2D eigenvalue weighted by Gasteiger charge is 2.44. The Bertz CT molecular complexity index is 3130. The van der Waals surface area contributed by atoms with Crippen LogP contribution in [0.5, 0.6) is 5.75 Å².